The Morgan fingerprint density at radius 2 is 2.54 bits per heavy atom. The summed E-state index contributed by atoms with van der Waals surface area (Å²) >= 11 is 5.10. The largest absolute Gasteiger partial charge is 0.478 e. The van der Waals surface area contributed by atoms with Crippen LogP contribution >= 0.6 is 27.3 Å². The first-order valence-corrected chi connectivity index (χ1v) is 6.14. The average Bonchev–Trinajstić information content (AvgIpc) is 2.54. The topological polar surface area (TPSA) is 21.3 Å². The summed E-state index contributed by atoms with van der Waals surface area (Å²) in [5.41, 5.74) is 0. The van der Waals surface area contributed by atoms with Crippen LogP contribution in [0.2, 0.25) is 0 Å². The Kier molecular flexibility index (Phi) is 3.24. The summed E-state index contributed by atoms with van der Waals surface area (Å²) in [5, 5.41) is 6.38. The maximum atomic E-state index is 5.84. The first kappa shape index (κ1) is 9.49. The van der Waals surface area contributed by atoms with Crippen LogP contribution < -0.4 is 10.1 Å². The maximum Gasteiger partial charge on any atom is 0.188 e. The number of piperidine rings is 1. The van der Waals surface area contributed by atoms with Crippen molar-refractivity contribution in [3.05, 3.63) is 15.9 Å². The van der Waals surface area contributed by atoms with Crippen LogP contribution in [0.15, 0.2) is 15.9 Å². The molecular formula is C9H12BrNOS. The van der Waals surface area contributed by atoms with Crippen molar-refractivity contribution in [3.63, 3.8) is 0 Å². The van der Waals surface area contributed by atoms with E-state index in [0.29, 0.717) is 6.10 Å². The molecule has 1 aliphatic heterocycles. The van der Waals surface area contributed by atoms with Crippen molar-refractivity contribution in [3.8, 4) is 5.06 Å². The van der Waals surface area contributed by atoms with E-state index in [2.05, 4.69) is 21.2 Å². The Morgan fingerprint density at radius 1 is 1.62 bits per heavy atom. The molecule has 1 aromatic rings. The van der Waals surface area contributed by atoms with Gasteiger partial charge in [0.2, 0.25) is 0 Å². The standard InChI is InChI=1S/C9H12BrNOS/c10-8-3-5-13-9(8)12-7-2-1-4-11-6-7/h3,5,7,11H,1-2,4,6H2. The second kappa shape index (κ2) is 4.44. The minimum Gasteiger partial charge on any atom is -0.478 e. The van der Waals surface area contributed by atoms with Gasteiger partial charge in [-0.15, -0.1) is 11.3 Å². The monoisotopic (exact) mass is 261 g/mol. The van der Waals surface area contributed by atoms with E-state index in [1.807, 2.05) is 11.4 Å². The molecule has 0 aromatic carbocycles. The van der Waals surface area contributed by atoms with E-state index in [-0.39, 0.29) is 0 Å². The number of ether oxygens (including phenoxy) is 1. The zero-order valence-electron chi connectivity index (χ0n) is 7.25. The number of hydrogen-bond donors (Lipinski definition) is 1. The first-order chi connectivity index (χ1) is 6.36. The highest BCUT2D eigenvalue weighted by Gasteiger charge is 2.15. The molecule has 2 rings (SSSR count). The van der Waals surface area contributed by atoms with Gasteiger partial charge in [0.05, 0.1) is 4.47 Å². The Labute approximate surface area is 90.4 Å². The molecule has 72 valence electrons. The van der Waals surface area contributed by atoms with Gasteiger partial charge in [-0.1, -0.05) is 0 Å². The molecule has 0 radical (unpaired) electrons. The van der Waals surface area contributed by atoms with Crippen LogP contribution in [-0.2, 0) is 0 Å². The molecule has 4 heteroatoms. The molecule has 0 spiro atoms. The van der Waals surface area contributed by atoms with Crippen molar-refractivity contribution >= 4 is 27.3 Å². The number of halogens is 1. The lowest BCUT2D eigenvalue weighted by Gasteiger charge is -2.23. The highest BCUT2D eigenvalue weighted by atomic mass is 79.9. The van der Waals surface area contributed by atoms with Crippen molar-refractivity contribution in [1.29, 1.82) is 0 Å². The minimum atomic E-state index is 0.351. The fourth-order valence-electron chi connectivity index (χ4n) is 1.44. The first-order valence-electron chi connectivity index (χ1n) is 4.46. The van der Waals surface area contributed by atoms with E-state index >= 15 is 0 Å². The van der Waals surface area contributed by atoms with Gasteiger partial charge in [0.1, 0.15) is 6.10 Å². The summed E-state index contributed by atoms with van der Waals surface area (Å²) in [6.45, 7) is 2.11. The molecular weight excluding hydrogens is 250 g/mol. The van der Waals surface area contributed by atoms with Gasteiger partial charge in [-0.2, -0.15) is 0 Å². The molecule has 2 heterocycles. The summed E-state index contributed by atoms with van der Waals surface area (Å²) in [4.78, 5) is 0. The lowest BCUT2D eigenvalue weighted by atomic mass is 10.1. The van der Waals surface area contributed by atoms with Crippen LogP contribution in [0.5, 0.6) is 5.06 Å². The van der Waals surface area contributed by atoms with Crippen molar-refractivity contribution in [2.45, 2.75) is 18.9 Å². The van der Waals surface area contributed by atoms with Crippen molar-refractivity contribution in [2.24, 2.45) is 0 Å². The number of rotatable bonds is 2. The lowest BCUT2D eigenvalue weighted by molar-refractivity contribution is 0.171. The molecule has 1 aromatic heterocycles. The van der Waals surface area contributed by atoms with Gasteiger partial charge in [-0.3, -0.25) is 0 Å². The fourth-order valence-corrected chi connectivity index (χ4v) is 2.82. The second-order valence-corrected chi connectivity index (χ2v) is 4.88. The van der Waals surface area contributed by atoms with Crippen LogP contribution in [0, 0.1) is 0 Å². The van der Waals surface area contributed by atoms with Gasteiger partial charge in [0.15, 0.2) is 5.06 Å². The predicted molar refractivity (Wildman–Crippen MR) is 58.5 cm³/mol. The van der Waals surface area contributed by atoms with Gasteiger partial charge < -0.3 is 10.1 Å². The van der Waals surface area contributed by atoms with Crippen molar-refractivity contribution in [1.82, 2.24) is 5.32 Å². The average molecular weight is 262 g/mol. The Balaban J connectivity index is 1.93. The maximum absolute atomic E-state index is 5.84. The third-order valence-corrected chi connectivity index (χ3v) is 3.80. The van der Waals surface area contributed by atoms with Crippen LogP contribution in [0.4, 0.5) is 0 Å². The number of nitrogens with one attached hydrogen (secondary N) is 1. The smallest absolute Gasteiger partial charge is 0.188 e. The van der Waals surface area contributed by atoms with E-state index < -0.39 is 0 Å². The SMILES string of the molecule is Brc1ccsc1OC1CCCNC1. The van der Waals surface area contributed by atoms with Crippen LogP contribution in [0.3, 0.4) is 0 Å². The Hall–Kier alpha value is -0.0600. The van der Waals surface area contributed by atoms with E-state index in [1.54, 1.807) is 11.3 Å². The van der Waals surface area contributed by atoms with E-state index in [9.17, 15) is 0 Å². The molecule has 1 atom stereocenters. The second-order valence-electron chi connectivity index (χ2n) is 3.14. The van der Waals surface area contributed by atoms with Gasteiger partial charge in [0.25, 0.3) is 0 Å². The lowest BCUT2D eigenvalue weighted by Crippen LogP contribution is -2.37. The molecule has 0 aliphatic carbocycles. The van der Waals surface area contributed by atoms with E-state index in [4.69, 9.17) is 4.74 Å². The predicted octanol–water partition coefficient (Wildman–Crippen LogP) is 2.64. The van der Waals surface area contributed by atoms with Crippen molar-refractivity contribution < 1.29 is 4.74 Å². The van der Waals surface area contributed by atoms with Crippen LogP contribution in [0.1, 0.15) is 12.8 Å². The van der Waals surface area contributed by atoms with E-state index in [0.717, 1.165) is 29.0 Å². The van der Waals surface area contributed by atoms with Gasteiger partial charge in [0, 0.05) is 6.54 Å². The molecule has 1 unspecified atom stereocenters. The summed E-state index contributed by atoms with van der Waals surface area (Å²) in [7, 11) is 0. The van der Waals surface area contributed by atoms with Crippen LogP contribution in [0.25, 0.3) is 0 Å². The van der Waals surface area contributed by atoms with Gasteiger partial charge in [-0.05, 0) is 46.8 Å². The normalized spacial score (nSPS) is 23.0. The molecule has 0 bridgehead atoms. The van der Waals surface area contributed by atoms with E-state index in [1.165, 1.54) is 6.42 Å². The molecule has 1 aliphatic rings. The molecule has 1 saturated heterocycles. The van der Waals surface area contributed by atoms with Crippen molar-refractivity contribution in [2.75, 3.05) is 13.1 Å². The summed E-state index contributed by atoms with van der Waals surface area (Å²) in [5.74, 6) is 0. The molecule has 2 nitrogen and oxygen atoms in total. The molecule has 1 N–H and O–H groups in total. The zero-order chi connectivity index (χ0) is 9.10. The minimum absolute atomic E-state index is 0.351. The molecule has 0 amide bonds. The third-order valence-electron chi connectivity index (χ3n) is 2.11. The fraction of sp³-hybridized carbons (Fsp3) is 0.556. The molecule has 1 fully saturated rings. The summed E-state index contributed by atoms with van der Waals surface area (Å²) in [6.07, 6.45) is 2.73. The molecule has 0 saturated carbocycles. The van der Waals surface area contributed by atoms with Gasteiger partial charge in [-0.25, -0.2) is 0 Å². The summed E-state index contributed by atoms with van der Waals surface area (Å²) < 4.78 is 6.91. The Morgan fingerprint density at radius 3 is 3.15 bits per heavy atom. The Bertz CT molecular complexity index is 270. The third kappa shape index (κ3) is 2.45. The summed E-state index contributed by atoms with van der Waals surface area (Å²) in [6, 6.07) is 2.02. The van der Waals surface area contributed by atoms with Crippen LogP contribution in [-0.4, -0.2) is 19.2 Å². The molecule has 13 heavy (non-hydrogen) atoms. The quantitative estimate of drug-likeness (QED) is 0.884. The highest BCUT2D eigenvalue weighted by Crippen LogP contribution is 2.32. The number of hydrogen-bond acceptors (Lipinski definition) is 3. The number of thiophene rings is 1. The zero-order valence-corrected chi connectivity index (χ0v) is 9.66. The highest BCUT2D eigenvalue weighted by molar-refractivity contribution is 9.10. The van der Waals surface area contributed by atoms with Gasteiger partial charge >= 0.3 is 0 Å².